The van der Waals surface area contributed by atoms with E-state index in [0.29, 0.717) is 16.5 Å². The largest absolute Gasteiger partial charge is 0.316 e. The standard InChI is InChI=1S/C25H31N5OS3/c1-5-7-18-11-17(13-32-18)23-28-29-25(30(23)15(3)4)33-14-22(31)27-24-20(12-26)19-9-8-16(6-2)10-21(19)34-24/h11,13,15-16H,5-10,14H2,1-4H3,(H,27,31). The van der Waals surface area contributed by atoms with Gasteiger partial charge in [0.05, 0.1) is 11.3 Å². The molecule has 1 unspecified atom stereocenters. The molecule has 0 aromatic carbocycles. The maximum atomic E-state index is 12.8. The molecule has 1 N–H and O–H groups in total. The molecule has 180 valence electrons. The molecule has 0 saturated carbocycles. The number of nitriles is 1. The number of fused-ring (bicyclic) bond motifs is 1. The first-order valence-corrected chi connectivity index (χ1v) is 14.6. The predicted octanol–water partition coefficient (Wildman–Crippen LogP) is 6.72. The first-order chi connectivity index (χ1) is 16.4. The van der Waals surface area contributed by atoms with Crippen molar-refractivity contribution in [3.63, 3.8) is 0 Å². The minimum absolute atomic E-state index is 0.118. The Labute approximate surface area is 213 Å². The summed E-state index contributed by atoms with van der Waals surface area (Å²) in [4.78, 5) is 15.4. The summed E-state index contributed by atoms with van der Waals surface area (Å²) in [5, 5.41) is 25.2. The summed E-state index contributed by atoms with van der Waals surface area (Å²) in [7, 11) is 0. The Bertz CT molecular complexity index is 1200. The smallest absolute Gasteiger partial charge is 0.235 e. The summed E-state index contributed by atoms with van der Waals surface area (Å²) < 4.78 is 2.10. The summed E-state index contributed by atoms with van der Waals surface area (Å²) >= 11 is 4.72. The van der Waals surface area contributed by atoms with Gasteiger partial charge in [-0.2, -0.15) is 5.26 Å². The second kappa shape index (κ2) is 11.1. The van der Waals surface area contributed by atoms with E-state index in [1.54, 1.807) is 22.7 Å². The average molecular weight is 514 g/mol. The van der Waals surface area contributed by atoms with Crippen LogP contribution in [0.15, 0.2) is 16.6 Å². The highest BCUT2D eigenvalue weighted by Gasteiger charge is 2.26. The number of thiophene rings is 2. The van der Waals surface area contributed by atoms with Crippen LogP contribution in [0, 0.1) is 17.2 Å². The molecular formula is C25H31N5OS3. The van der Waals surface area contributed by atoms with E-state index in [1.807, 2.05) is 0 Å². The molecule has 3 heterocycles. The molecule has 0 fully saturated rings. The number of aryl methyl sites for hydroxylation is 1. The Morgan fingerprint density at radius 3 is 2.91 bits per heavy atom. The summed E-state index contributed by atoms with van der Waals surface area (Å²) in [6.45, 7) is 8.62. The molecule has 3 aromatic heterocycles. The van der Waals surface area contributed by atoms with Gasteiger partial charge >= 0.3 is 0 Å². The van der Waals surface area contributed by atoms with Crippen LogP contribution >= 0.6 is 34.4 Å². The fourth-order valence-corrected chi connectivity index (χ4v) is 7.58. The molecule has 0 saturated heterocycles. The van der Waals surface area contributed by atoms with Gasteiger partial charge in [-0.1, -0.05) is 38.5 Å². The predicted molar refractivity (Wildman–Crippen MR) is 142 cm³/mol. The molecule has 3 aromatic rings. The maximum Gasteiger partial charge on any atom is 0.235 e. The summed E-state index contributed by atoms with van der Waals surface area (Å²) in [5.41, 5.74) is 2.88. The third-order valence-electron chi connectivity index (χ3n) is 6.23. The zero-order valence-electron chi connectivity index (χ0n) is 20.2. The second-order valence-corrected chi connectivity index (χ2v) is 12.0. The minimum Gasteiger partial charge on any atom is -0.316 e. The lowest BCUT2D eigenvalue weighted by Crippen LogP contribution is -2.15. The lowest BCUT2D eigenvalue weighted by atomic mass is 9.86. The van der Waals surface area contributed by atoms with Crippen molar-refractivity contribution in [1.82, 2.24) is 14.8 Å². The van der Waals surface area contributed by atoms with Crippen LogP contribution in [0.2, 0.25) is 0 Å². The van der Waals surface area contributed by atoms with Crippen LogP contribution in [-0.4, -0.2) is 26.4 Å². The Hall–Kier alpha value is -2.15. The lowest BCUT2D eigenvalue weighted by molar-refractivity contribution is -0.113. The Morgan fingerprint density at radius 2 is 2.21 bits per heavy atom. The van der Waals surface area contributed by atoms with Gasteiger partial charge in [0.2, 0.25) is 5.91 Å². The summed E-state index contributed by atoms with van der Waals surface area (Å²) in [6.07, 6.45) is 6.40. The van der Waals surface area contributed by atoms with Crippen LogP contribution in [0.1, 0.15) is 73.9 Å². The van der Waals surface area contributed by atoms with E-state index in [9.17, 15) is 10.1 Å². The molecule has 34 heavy (non-hydrogen) atoms. The Kier molecular flexibility index (Phi) is 8.12. The molecule has 4 rings (SSSR count). The van der Waals surface area contributed by atoms with Crippen LogP contribution < -0.4 is 5.32 Å². The van der Waals surface area contributed by atoms with Gasteiger partial charge in [-0.05, 0) is 57.1 Å². The number of hydrogen-bond acceptors (Lipinski definition) is 7. The molecule has 1 atom stereocenters. The number of aromatic nitrogens is 3. The number of carbonyl (C=O) groups is 1. The van der Waals surface area contributed by atoms with Crippen LogP contribution in [-0.2, 0) is 24.1 Å². The third kappa shape index (κ3) is 5.24. The van der Waals surface area contributed by atoms with Crippen molar-refractivity contribution in [3.8, 4) is 17.5 Å². The SMILES string of the molecule is CCCc1cc(-c2nnc(SCC(=O)Nc3sc4c(c3C#N)CCC(CC)C4)n2C(C)C)cs1. The highest BCUT2D eigenvalue weighted by molar-refractivity contribution is 7.99. The van der Waals surface area contributed by atoms with Crippen molar-refractivity contribution >= 4 is 45.3 Å². The first kappa shape index (κ1) is 25.0. The molecule has 6 nitrogen and oxygen atoms in total. The van der Waals surface area contributed by atoms with E-state index in [2.05, 4.69) is 65.3 Å². The van der Waals surface area contributed by atoms with Gasteiger partial charge in [-0.15, -0.1) is 32.9 Å². The Balaban J connectivity index is 1.46. The number of hydrogen-bond donors (Lipinski definition) is 1. The summed E-state index contributed by atoms with van der Waals surface area (Å²) in [5.74, 6) is 1.63. The zero-order valence-corrected chi connectivity index (χ0v) is 22.6. The van der Waals surface area contributed by atoms with Crippen molar-refractivity contribution in [2.75, 3.05) is 11.1 Å². The summed E-state index contributed by atoms with van der Waals surface area (Å²) in [6, 6.07) is 4.71. The van der Waals surface area contributed by atoms with Gasteiger partial charge in [-0.3, -0.25) is 9.36 Å². The van der Waals surface area contributed by atoms with Crippen LogP contribution in [0.5, 0.6) is 0 Å². The number of nitrogens with zero attached hydrogens (tertiary/aromatic N) is 4. The maximum absolute atomic E-state index is 12.8. The van der Waals surface area contributed by atoms with E-state index in [0.717, 1.165) is 60.6 Å². The minimum atomic E-state index is -0.118. The number of amides is 1. The van der Waals surface area contributed by atoms with Crippen LogP contribution in [0.3, 0.4) is 0 Å². The van der Waals surface area contributed by atoms with Crippen molar-refractivity contribution in [3.05, 3.63) is 32.3 Å². The number of rotatable bonds is 9. The van der Waals surface area contributed by atoms with Crippen molar-refractivity contribution < 1.29 is 4.79 Å². The van der Waals surface area contributed by atoms with E-state index < -0.39 is 0 Å². The first-order valence-electron chi connectivity index (χ1n) is 11.9. The van der Waals surface area contributed by atoms with Crippen molar-refractivity contribution in [2.24, 2.45) is 5.92 Å². The lowest BCUT2D eigenvalue weighted by Gasteiger charge is -2.20. The molecule has 0 spiro atoms. The van der Waals surface area contributed by atoms with Crippen LogP contribution in [0.4, 0.5) is 5.00 Å². The fourth-order valence-electron chi connectivity index (χ4n) is 4.42. The van der Waals surface area contributed by atoms with Gasteiger partial charge in [-0.25, -0.2) is 0 Å². The molecule has 0 aliphatic heterocycles. The van der Waals surface area contributed by atoms with E-state index in [4.69, 9.17) is 0 Å². The van der Waals surface area contributed by atoms with Gasteiger partial charge in [0.1, 0.15) is 11.1 Å². The number of anilines is 1. The number of nitrogens with one attached hydrogen (secondary N) is 1. The monoisotopic (exact) mass is 513 g/mol. The Morgan fingerprint density at radius 1 is 1.38 bits per heavy atom. The van der Waals surface area contributed by atoms with Crippen LogP contribution in [0.25, 0.3) is 11.4 Å². The normalized spacial score (nSPS) is 15.4. The molecule has 9 heteroatoms. The van der Waals surface area contributed by atoms with Crippen molar-refractivity contribution in [1.29, 1.82) is 5.26 Å². The van der Waals surface area contributed by atoms with E-state index in [-0.39, 0.29) is 17.7 Å². The number of carbonyl (C=O) groups excluding carboxylic acids is 1. The number of thioether (sulfide) groups is 1. The highest BCUT2D eigenvalue weighted by atomic mass is 32.2. The van der Waals surface area contributed by atoms with Crippen molar-refractivity contribution in [2.45, 2.75) is 77.4 Å². The molecule has 1 aliphatic rings. The van der Waals surface area contributed by atoms with E-state index in [1.165, 1.54) is 21.5 Å². The molecule has 1 amide bonds. The molecule has 0 radical (unpaired) electrons. The fraction of sp³-hybridized carbons (Fsp3) is 0.520. The quantitative estimate of drug-likeness (QED) is 0.321. The molecule has 1 aliphatic carbocycles. The van der Waals surface area contributed by atoms with Gasteiger partial charge in [0.25, 0.3) is 0 Å². The second-order valence-electron chi connectivity index (χ2n) is 9.00. The molecule has 0 bridgehead atoms. The average Bonchev–Trinajstić information content (AvgIpc) is 3.53. The van der Waals surface area contributed by atoms with E-state index >= 15 is 0 Å². The van der Waals surface area contributed by atoms with Gasteiger partial charge in [0.15, 0.2) is 11.0 Å². The molecular weight excluding hydrogens is 483 g/mol. The van der Waals surface area contributed by atoms with Gasteiger partial charge in [0, 0.05) is 26.7 Å². The van der Waals surface area contributed by atoms with Gasteiger partial charge < -0.3 is 5.32 Å². The zero-order chi connectivity index (χ0) is 24.2. The third-order valence-corrected chi connectivity index (χ3v) is 9.34. The topological polar surface area (TPSA) is 83.6 Å². The highest BCUT2D eigenvalue weighted by Crippen LogP contribution is 2.40.